The van der Waals surface area contributed by atoms with E-state index in [0.29, 0.717) is 37.2 Å². The SMILES string of the molecule is O=C(NCCCN1C(=O)c2ccc(Br)cc2C1=O)N(Cc1ccccc1)Cc1ccccc1. The van der Waals surface area contributed by atoms with Gasteiger partial charge in [-0.05, 0) is 35.7 Å². The van der Waals surface area contributed by atoms with Gasteiger partial charge in [-0.1, -0.05) is 76.6 Å². The molecule has 0 unspecified atom stereocenters. The summed E-state index contributed by atoms with van der Waals surface area (Å²) < 4.78 is 0.758. The molecule has 4 rings (SSSR count). The first-order valence-corrected chi connectivity index (χ1v) is 11.6. The van der Waals surface area contributed by atoms with Crippen molar-refractivity contribution in [1.82, 2.24) is 15.1 Å². The first-order chi connectivity index (χ1) is 16.0. The number of amides is 4. The molecule has 1 aliphatic rings. The number of carbonyl (C=O) groups is 3. The molecule has 168 valence electrons. The average Bonchev–Trinajstić information content (AvgIpc) is 3.06. The van der Waals surface area contributed by atoms with Gasteiger partial charge in [-0.15, -0.1) is 0 Å². The van der Waals surface area contributed by atoms with Gasteiger partial charge in [0.15, 0.2) is 0 Å². The Morgan fingerprint density at radius 2 is 1.39 bits per heavy atom. The maximum Gasteiger partial charge on any atom is 0.318 e. The highest BCUT2D eigenvalue weighted by Gasteiger charge is 2.35. The molecule has 0 spiro atoms. The highest BCUT2D eigenvalue weighted by molar-refractivity contribution is 9.10. The van der Waals surface area contributed by atoms with E-state index in [1.165, 1.54) is 4.90 Å². The Morgan fingerprint density at radius 1 is 0.818 bits per heavy atom. The molecule has 33 heavy (non-hydrogen) atoms. The van der Waals surface area contributed by atoms with Crippen LogP contribution in [0.1, 0.15) is 38.3 Å². The summed E-state index contributed by atoms with van der Waals surface area (Å²) in [5, 5.41) is 2.94. The molecule has 3 aromatic carbocycles. The molecule has 7 heteroatoms. The molecule has 0 aromatic heterocycles. The number of fused-ring (bicyclic) bond motifs is 1. The Morgan fingerprint density at radius 3 is 2.00 bits per heavy atom. The normalized spacial score (nSPS) is 12.6. The van der Waals surface area contributed by atoms with Gasteiger partial charge in [-0.25, -0.2) is 4.79 Å². The lowest BCUT2D eigenvalue weighted by molar-refractivity contribution is 0.0653. The van der Waals surface area contributed by atoms with Crippen molar-refractivity contribution in [2.24, 2.45) is 0 Å². The van der Waals surface area contributed by atoms with E-state index in [-0.39, 0.29) is 24.4 Å². The standard InChI is InChI=1S/C26H24BrN3O3/c27-21-12-13-22-23(16-21)25(32)30(24(22)31)15-7-14-28-26(33)29(17-19-8-3-1-4-9-19)18-20-10-5-2-6-11-20/h1-6,8-13,16H,7,14-15,17-18H2,(H,28,33). The molecular formula is C26H24BrN3O3. The zero-order valence-electron chi connectivity index (χ0n) is 18.0. The predicted molar refractivity (Wildman–Crippen MR) is 130 cm³/mol. The zero-order chi connectivity index (χ0) is 23.2. The Bertz CT molecular complexity index is 1110. The minimum Gasteiger partial charge on any atom is -0.338 e. The van der Waals surface area contributed by atoms with Gasteiger partial charge >= 0.3 is 6.03 Å². The maximum atomic E-state index is 13.0. The smallest absolute Gasteiger partial charge is 0.318 e. The van der Waals surface area contributed by atoms with Gasteiger partial charge in [0.05, 0.1) is 11.1 Å². The van der Waals surface area contributed by atoms with Crippen LogP contribution < -0.4 is 5.32 Å². The molecule has 0 atom stereocenters. The fourth-order valence-electron chi connectivity index (χ4n) is 3.82. The average molecular weight is 506 g/mol. The first-order valence-electron chi connectivity index (χ1n) is 10.8. The van der Waals surface area contributed by atoms with E-state index in [1.54, 1.807) is 23.1 Å². The van der Waals surface area contributed by atoms with Crippen LogP contribution in [0.25, 0.3) is 0 Å². The third kappa shape index (κ3) is 5.49. The topological polar surface area (TPSA) is 69.7 Å². The summed E-state index contributed by atoms with van der Waals surface area (Å²) in [6.07, 6.45) is 0.475. The first kappa shape index (κ1) is 22.7. The van der Waals surface area contributed by atoms with Crippen LogP contribution in [-0.2, 0) is 13.1 Å². The number of nitrogens with one attached hydrogen (secondary N) is 1. The summed E-state index contributed by atoms with van der Waals surface area (Å²) in [4.78, 5) is 41.1. The van der Waals surface area contributed by atoms with Crippen molar-refractivity contribution in [2.45, 2.75) is 19.5 Å². The van der Waals surface area contributed by atoms with Crippen LogP contribution in [0.5, 0.6) is 0 Å². The molecule has 4 amide bonds. The highest BCUT2D eigenvalue weighted by atomic mass is 79.9. The van der Waals surface area contributed by atoms with Crippen LogP contribution in [0.2, 0.25) is 0 Å². The largest absolute Gasteiger partial charge is 0.338 e. The number of hydrogen-bond donors (Lipinski definition) is 1. The van der Waals surface area contributed by atoms with E-state index >= 15 is 0 Å². The third-order valence-corrected chi connectivity index (χ3v) is 5.98. The molecule has 1 heterocycles. The lowest BCUT2D eigenvalue weighted by Crippen LogP contribution is -2.40. The van der Waals surface area contributed by atoms with Gasteiger partial charge in [0.25, 0.3) is 11.8 Å². The van der Waals surface area contributed by atoms with Crippen molar-refractivity contribution in [3.8, 4) is 0 Å². The minimum atomic E-state index is -0.294. The third-order valence-electron chi connectivity index (χ3n) is 5.49. The van der Waals surface area contributed by atoms with Gasteiger partial charge in [0, 0.05) is 30.7 Å². The summed E-state index contributed by atoms with van der Waals surface area (Å²) in [5.41, 5.74) is 2.92. The van der Waals surface area contributed by atoms with Crippen LogP contribution in [0.4, 0.5) is 4.79 Å². The number of hydrogen-bond acceptors (Lipinski definition) is 3. The molecule has 0 saturated heterocycles. The summed E-state index contributed by atoms with van der Waals surface area (Å²) in [6.45, 7) is 1.57. The van der Waals surface area contributed by atoms with Gasteiger partial charge in [-0.2, -0.15) is 0 Å². The van der Waals surface area contributed by atoms with E-state index < -0.39 is 0 Å². The number of nitrogens with zero attached hydrogens (tertiary/aromatic N) is 2. The van der Waals surface area contributed by atoms with E-state index in [4.69, 9.17) is 0 Å². The molecule has 0 saturated carbocycles. The fraction of sp³-hybridized carbons (Fsp3) is 0.192. The van der Waals surface area contributed by atoms with Crippen LogP contribution in [-0.4, -0.2) is 40.7 Å². The zero-order valence-corrected chi connectivity index (χ0v) is 19.6. The summed E-state index contributed by atoms with van der Waals surface area (Å²) >= 11 is 3.34. The Kier molecular flexibility index (Phi) is 7.19. The lowest BCUT2D eigenvalue weighted by atomic mass is 10.1. The Labute approximate surface area is 201 Å². The number of urea groups is 1. The molecule has 6 nitrogen and oxygen atoms in total. The second-order valence-corrected chi connectivity index (χ2v) is 8.78. The number of halogens is 1. The van der Waals surface area contributed by atoms with Crippen molar-refractivity contribution in [2.75, 3.05) is 13.1 Å². The van der Waals surface area contributed by atoms with Gasteiger partial charge in [-0.3, -0.25) is 14.5 Å². The van der Waals surface area contributed by atoms with Crippen molar-refractivity contribution in [3.63, 3.8) is 0 Å². The molecule has 3 aromatic rings. The Hall–Kier alpha value is -3.45. The van der Waals surface area contributed by atoms with E-state index in [9.17, 15) is 14.4 Å². The number of benzene rings is 3. The Balaban J connectivity index is 1.33. The number of rotatable bonds is 8. The van der Waals surface area contributed by atoms with E-state index in [1.807, 2.05) is 60.7 Å². The molecule has 0 radical (unpaired) electrons. The van der Waals surface area contributed by atoms with Crippen LogP contribution in [0.3, 0.4) is 0 Å². The van der Waals surface area contributed by atoms with Crippen molar-refractivity contribution >= 4 is 33.8 Å². The monoisotopic (exact) mass is 505 g/mol. The van der Waals surface area contributed by atoms with Crippen LogP contribution >= 0.6 is 15.9 Å². The van der Waals surface area contributed by atoms with Gasteiger partial charge in [0.2, 0.25) is 0 Å². The van der Waals surface area contributed by atoms with Gasteiger partial charge in [0.1, 0.15) is 0 Å². The predicted octanol–water partition coefficient (Wildman–Crippen LogP) is 4.85. The fourth-order valence-corrected chi connectivity index (χ4v) is 4.18. The van der Waals surface area contributed by atoms with Crippen LogP contribution in [0.15, 0.2) is 83.3 Å². The van der Waals surface area contributed by atoms with Crippen LogP contribution in [0, 0.1) is 0 Å². The second-order valence-electron chi connectivity index (χ2n) is 7.86. The van der Waals surface area contributed by atoms with E-state index in [0.717, 1.165) is 15.6 Å². The summed E-state index contributed by atoms with van der Waals surface area (Å²) in [5.74, 6) is -0.582. The molecule has 0 aliphatic carbocycles. The minimum absolute atomic E-state index is 0.186. The molecule has 1 aliphatic heterocycles. The molecule has 1 N–H and O–H groups in total. The lowest BCUT2D eigenvalue weighted by Gasteiger charge is -2.24. The van der Waals surface area contributed by atoms with Crippen molar-refractivity contribution in [1.29, 1.82) is 0 Å². The highest BCUT2D eigenvalue weighted by Crippen LogP contribution is 2.26. The molecular weight excluding hydrogens is 482 g/mol. The summed E-state index contributed by atoms with van der Waals surface area (Å²) in [7, 11) is 0. The van der Waals surface area contributed by atoms with Crippen molar-refractivity contribution in [3.05, 3.63) is 106 Å². The quantitative estimate of drug-likeness (QED) is 0.351. The number of imide groups is 1. The van der Waals surface area contributed by atoms with Gasteiger partial charge < -0.3 is 10.2 Å². The van der Waals surface area contributed by atoms with E-state index in [2.05, 4.69) is 21.2 Å². The number of carbonyl (C=O) groups excluding carboxylic acids is 3. The molecule has 0 bridgehead atoms. The maximum absolute atomic E-state index is 13.0. The second kappa shape index (κ2) is 10.4. The molecule has 0 fully saturated rings. The van der Waals surface area contributed by atoms with Crippen molar-refractivity contribution < 1.29 is 14.4 Å². The summed E-state index contributed by atoms with van der Waals surface area (Å²) in [6, 6.07) is 24.6.